The van der Waals surface area contributed by atoms with Gasteiger partial charge in [-0.15, -0.1) is 0 Å². The van der Waals surface area contributed by atoms with Gasteiger partial charge >= 0.3 is 0 Å². The molecule has 2 rings (SSSR count). The second kappa shape index (κ2) is 7.92. The molecule has 1 aromatic rings. The van der Waals surface area contributed by atoms with Crippen molar-refractivity contribution in [2.24, 2.45) is 5.92 Å². The fraction of sp³-hybridized carbons (Fsp3) is 0.529. The van der Waals surface area contributed by atoms with Gasteiger partial charge in [-0.3, -0.25) is 9.69 Å². The highest BCUT2D eigenvalue weighted by molar-refractivity contribution is 5.81. The molecule has 5 nitrogen and oxygen atoms in total. The molecule has 1 fully saturated rings. The van der Waals surface area contributed by atoms with E-state index in [0.29, 0.717) is 19.7 Å². The molecule has 0 spiro atoms. The highest BCUT2D eigenvalue weighted by Gasteiger charge is 2.29. The standard InChI is InChI=1S/C17H23N3O2/c1-14(10-18)11-19(2)17(21)16-13-20(8-9-22-16)12-15-6-4-3-5-7-15/h3-7,14,16H,8-9,11-13H2,1-2H3/t14-,16+/m0/s1. The Balaban J connectivity index is 1.90. The number of nitrogens with zero attached hydrogens (tertiary/aromatic N) is 3. The fourth-order valence-electron chi connectivity index (χ4n) is 2.62. The number of rotatable bonds is 5. The zero-order chi connectivity index (χ0) is 15.9. The molecule has 1 amide bonds. The highest BCUT2D eigenvalue weighted by atomic mass is 16.5. The van der Waals surface area contributed by atoms with Crippen LogP contribution in [0.15, 0.2) is 30.3 Å². The lowest BCUT2D eigenvalue weighted by Crippen LogP contribution is -2.50. The molecule has 1 heterocycles. The summed E-state index contributed by atoms with van der Waals surface area (Å²) >= 11 is 0. The highest BCUT2D eigenvalue weighted by Crippen LogP contribution is 2.12. The Hall–Kier alpha value is -1.90. The Morgan fingerprint density at radius 1 is 1.50 bits per heavy atom. The Bertz CT molecular complexity index is 526. The number of amides is 1. The Morgan fingerprint density at radius 3 is 2.91 bits per heavy atom. The first kappa shape index (κ1) is 16.5. The largest absolute Gasteiger partial charge is 0.366 e. The first-order valence-electron chi connectivity index (χ1n) is 7.62. The fourth-order valence-corrected chi connectivity index (χ4v) is 2.62. The van der Waals surface area contributed by atoms with Crippen molar-refractivity contribution in [3.05, 3.63) is 35.9 Å². The average molecular weight is 301 g/mol. The summed E-state index contributed by atoms with van der Waals surface area (Å²) in [7, 11) is 1.73. The molecule has 5 heteroatoms. The molecule has 0 unspecified atom stereocenters. The van der Waals surface area contributed by atoms with E-state index in [1.807, 2.05) is 25.1 Å². The van der Waals surface area contributed by atoms with Crippen LogP contribution in [0.2, 0.25) is 0 Å². The van der Waals surface area contributed by atoms with Crippen LogP contribution >= 0.6 is 0 Å². The monoisotopic (exact) mass is 301 g/mol. The molecule has 2 atom stereocenters. The minimum absolute atomic E-state index is 0.0418. The van der Waals surface area contributed by atoms with Crippen molar-refractivity contribution in [1.82, 2.24) is 9.80 Å². The van der Waals surface area contributed by atoms with E-state index in [9.17, 15) is 4.79 Å². The smallest absolute Gasteiger partial charge is 0.252 e. The third-order valence-electron chi connectivity index (χ3n) is 3.82. The third-order valence-corrected chi connectivity index (χ3v) is 3.82. The van der Waals surface area contributed by atoms with Gasteiger partial charge in [-0.1, -0.05) is 30.3 Å². The van der Waals surface area contributed by atoms with Crippen LogP contribution in [0, 0.1) is 17.2 Å². The predicted molar refractivity (Wildman–Crippen MR) is 83.9 cm³/mol. The molecule has 0 aliphatic carbocycles. The molecule has 0 N–H and O–H groups in total. The zero-order valence-corrected chi connectivity index (χ0v) is 13.2. The van der Waals surface area contributed by atoms with Crippen LogP contribution in [-0.4, -0.2) is 55.1 Å². The maximum absolute atomic E-state index is 12.4. The average Bonchev–Trinajstić information content (AvgIpc) is 2.55. The van der Waals surface area contributed by atoms with Gasteiger partial charge in [0.25, 0.3) is 5.91 Å². The lowest BCUT2D eigenvalue weighted by molar-refractivity contribution is -0.148. The van der Waals surface area contributed by atoms with E-state index in [2.05, 4.69) is 23.1 Å². The van der Waals surface area contributed by atoms with E-state index >= 15 is 0 Å². The normalized spacial score (nSPS) is 20.1. The van der Waals surface area contributed by atoms with Gasteiger partial charge in [-0.05, 0) is 12.5 Å². The molecule has 1 aliphatic rings. The summed E-state index contributed by atoms with van der Waals surface area (Å²) < 4.78 is 5.63. The van der Waals surface area contributed by atoms with Crippen LogP contribution in [0.1, 0.15) is 12.5 Å². The quantitative estimate of drug-likeness (QED) is 0.827. The number of hydrogen-bond donors (Lipinski definition) is 0. The number of ether oxygens (including phenoxy) is 1. The molecule has 0 radical (unpaired) electrons. The Morgan fingerprint density at radius 2 is 2.23 bits per heavy atom. The van der Waals surface area contributed by atoms with Crippen LogP contribution < -0.4 is 0 Å². The van der Waals surface area contributed by atoms with Crippen LogP contribution in [0.25, 0.3) is 0 Å². The van der Waals surface area contributed by atoms with Crippen LogP contribution in [-0.2, 0) is 16.1 Å². The summed E-state index contributed by atoms with van der Waals surface area (Å²) in [5.41, 5.74) is 1.24. The number of nitriles is 1. The SMILES string of the molecule is C[C@@H](C#N)CN(C)C(=O)[C@H]1CN(Cc2ccccc2)CCO1. The molecule has 118 valence electrons. The summed E-state index contributed by atoms with van der Waals surface area (Å²) in [6.07, 6.45) is -0.437. The summed E-state index contributed by atoms with van der Waals surface area (Å²) in [6, 6.07) is 12.4. The summed E-state index contributed by atoms with van der Waals surface area (Å²) in [5.74, 6) is -0.210. The molecule has 1 saturated heterocycles. The van der Waals surface area contributed by atoms with E-state index in [0.717, 1.165) is 13.1 Å². The first-order valence-corrected chi connectivity index (χ1v) is 7.62. The maximum Gasteiger partial charge on any atom is 0.252 e. The molecular formula is C17H23N3O2. The number of benzene rings is 1. The minimum atomic E-state index is -0.437. The Labute approximate surface area is 132 Å². The molecule has 1 aromatic carbocycles. The van der Waals surface area contributed by atoms with E-state index in [1.54, 1.807) is 11.9 Å². The van der Waals surface area contributed by atoms with Gasteiger partial charge in [-0.2, -0.15) is 5.26 Å². The zero-order valence-electron chi connectivity index (χ0n) is 13.2. The van der Waals surface area contributed by atoms with Crippen molar-refractivity contribution >= 4 is 5.91 Å². The molecular weight excluding hydrogens is 278 g/mol. The van der Waals surface area contributed by atoms with Gasteiger partial charge in [0.2, 0.25) is 0 Å². The summed E-state index contributed by atoms with van der Waals surface area (Å²) in [5, 5.41) is 8.85. The van der Waals surface area contributed by atoms with Gasteiger partial charge < -0.3 is 9.64 Å². The van der Waals surface area contributed by atoms with Crippen LogP contribution in [0.4, 0.5) is 0 Å². The van der Waals surface area contributed by atoms with Crippen LogP contribution in [0.3, 0.4) is 0 Å². The number of hydrogen-bond acceptors (Lipinski definition) is 4. The molecule has 22 heavy (non-hydrogen) atoms. The van der Waals surface area contributed by atoms with Crippen molar-refractivity contribution < 1.29 is 9.53 Å². The summed E-state index contributed by atoms with van der Waals surface area (Å²) in [6.45, 7) is 5.06. The number of carbonyl (C=O) groups excluding carboxylic acids is 1. The van der Waals surface area contributed by atoms with E-state index in [-0.39, 0.29) is 11.8 Å². The molecule has 1 aliphatic heterocycles. The lowest BCUT2D eigenvalue weighted by atomic mass is 10.1. The lowest BCUT2D eigenvalue weighted by Gasteiger charge is -2.34. The van der Waals surface area contributed by atoms with Gasteiger partial charge in [0.15, 0.2) is 0 Å². The summed E-state index contributed by atoms with van der Waals surface area (Å²) in [4.78, 5) is 16.3. The maximum atomic E-state index is 12.4. The second-order valence-corrected chi connectivity index (χ2v) is 5.83. The first-order chi connectivity index (χ1) is 10.6. The minimum Gasteiger partial charge on any atom is -0.366 e. The number of likely N-dealkylation sites (N-methyl/N-ethyl adjacent to an activating group) is 1. The van der Waals surface area contributed by atoms with Gasteiger partial charge in [0.05, 0.1) is 18.6 Å². The van der Waals surface area contributed by atoms with E-state index in [4.69, 9.17) is 10.00 Å². The van der Waals surface area contributed by atoms with E-state index in [1.165, 1.54) is 5.56 Å². The van der Waals surface area contributed by atoms with Gasteiger partial charge in [-0.25, -0.2) is 0 Å². The van der Waals surface area contributed by atoms with Crippen molar-refractivity contribution in [3.8, 4) is 6.07 Å². The van der Waals surface area contributed by atoms with Crippen LogP contribution in [0.5, 0.6) is 0 Å². The van der Waals surface area contributed by atoms with E-state index < -0.39 is 6.10 Å². The molecule has 0 bridgehead atoms. The van der Waals surface area contributed by atoms with Crippen molar-refractivity contribution in [2.75, 3.05) is 33.3 Å². The van der Waals surface area contributed by atoms with Gasteiger partial charge in [0.1, 0.15) is 6.10 Å². The number of morpholine rings is 1. The molecule has 0 aromatic heterocycles. The van der Waals surface area contributed by atoms with Crippen molar-refractivity contribution in [2.45, 2.75) is 19.6 Å². The van der Waals surface area contributed by atoms with Crippen molar-refractivity contribution in [3.63, 3.8) is 0 Å². The van der Waals surface area contributed by atoms with Crippen molar-refractivity contribution in [1.29, 1.82) is 5.26 Å². The number of carbonyl (C=O) groups is 1. The predicted octanol–water partition coefficient (Wildman–Crippen LogP) is 1.51. The topological polar surface area (TPSA) is 56.6 Å². The second-order valence-electron chi connectivity index (χ2n) is 5.83. The van der Waals surface area contributed by atoms with Gasteiger partial charge in [0, 0.05) is 33.2 Å². The molecule has 0 saturated carbocycles. The Kier molecular flexibility index (Phi) is 5.93. The third kappa shape index (κ3) is 4.55.